The maximum absolute atomic E-state index is 15.0. The van der Waals surface area contributed by atoms with E-state index in [1.165, 1.54) is 0 Å². The van der Waals surface area contributed by atoms with Gasteiger partial charge in [0.1, 0.15) is 12.4 Å². The molecule has 4 aromatic carbocycles. The lowest BCUT2D eigenvalue weighted by atomic mass is 10.1. The summed E-state index contributed by atoms with van der Waals surface area (Å²) in [6, 6.07) is 34.6. The standard InChI is InChI=1S/C35H40N3O7PS/c1-2-44-33(39)23-24-36-46(41,32-21-13-6-14-22-32)34(30-19-11-5-12-20-30)38-47(42,43)27-31(25-28-15-7-3-8-16-28)37-35(40)45-26-29-17-9-4-10-18-29/h3-22,31,34,38H,2,23-27H2,1H3,(H,36,41)(H,37,40)/t31-,34-,46?/m0/s1. The lowest BCUT2D eigenvalue weighted by Crippen LogP contribution is -2.45. The first-order valence-electron chi connectivity index (χ1n) is 15.3. The van der Waals surface area contributed by atoms with E-state index in [0.29, 0.717) is 10.9 Å². The summed E-state index contributed by atoms with van der Waals surface area (Å²) in [5.74, 6) is -2.23. The van der Waals surface area contributed by atoms with Crippen molar-refractivity contribution in [2.75, 3.05) is 18.9 Å². The fraction of sp³-hybridized carbons (Fsp3) is 0.257. The summed E-state index contributed by atoms with van der Waals surface area (Å²) in [5.41, 5.74) is 2.06. The summed E-state index contributed by atoms with van der Waals surface area (Å²) < 4.78 is 56.1. The molecule has 0 radical (unpaired) electrons. The van der Waals surface area contributed by atoms with Gasteiger partial charge in [-0.3, -0.25) is 14.4 Å². The molecule has 0 aliphatic rings. The van der Waals surface area contributed by atoms with E-state index in [1.807, 2.05) is 60.7 Å². The van der Waals surface area contributed by atoms with Gasteiger partial charge in [0.15, 0.2) is 7.29 Å². The van der Waals surface area contributed by atoms with E-state index in [4.69, 9.17) is 9.47 Å². The molecule has 1 amide bonds. The zero-order valence-electron chi connectivity index (χ0n) is 26.2. The van der Waals surface area contributed by atoms with Crippen LogP contribution in [0.15, 0.2) is 121 Å². The Labute approximate surface area is 276 Å². The fourth-order valence-corrected chi connectivity index (χ4v) is 9.68. The van der Waals surface area contributed by atoms with Crippen LogP contribution in [0.3, 0.4) is 0 Å². The van der Waals surface area contributed by atoms with E-state index in [0.717, 1.165) is 11.1 Å². The van der Waals surface area contributed by atoms with Gasteiger partial charge < -0.3 is 14.8 Å². The van der Waals surface area contributed by atoms with Crippen LogP contribution in [-0.4, -0.2) is 45.4 Å². The summed E-state index contributed by atoms with van der Waals surface area (Å²) in [4.78, 5) is 25.0. The Morgan fingerprint density at radius 2 is 1.32 bits per heavy atom. The minimum absolute atomic E-state index is 0.0124. The number of ether oxygens (including phenoxy) is 2. The highest BCUT2D eigenvalue weighted by Gasteiger charge is 2.39. The normalized spacial score (nSPS) is 13.9. The van der Waals surface area contributed by atoms with Crippen LogP contribution < -0.4 is 20.4 Å². The molecule has 0 saturated heterocycles. The van der Waals surface area contributed by atoms with E-state index in [1.54, 1.807) is 67.6 Å². The lowest BCUT2D eigenvalue weighted by molar-refractivity contribution is -0.142. The summed E-state index contributed by atoms with van der Waals surface area (Å²) >= 11 is 0. The number of hydrogen-bond donors (Lipinski definition) is 3. The fourth-order valence-electron chi connectivity index (χ4n) is 4.99. The minimum atomic E-state index is -4.23. The Morgan fingerprint density at radius 3 is 1.91 bits per heavy atom. The zero-order valence-corrected chi connectivity index (χ0v) is 27.9. The van der Waals surface area contributed by atoms with E-state index in [-0.39, 0.29) is 32.6 Å². The minimum Gasteiger partial charge on any atom is -0.466 e. The predicted molar refractivity (Wildman–Crippen MR) is 183 cm³/mol. The number of nitrogens with one attached hydrogen (secondary N) is 3. The smallest absolute Gasteiger partial charge is 0.407 e. The largest absolute Gasteiger partial charge is 0.466 e. The first-order valence-corrected chi connectivity index (χ1v) is 18.7. The van der Waals surface area contributed by atoms with Gasteiger partial charge >= 0.3 is 12.1 Å². The molecule has 0 aliphatic carbocycles. The number of alkyl carbamates (subject to hydrolysis) is 1. The third-order valence-electron chi connectivity index (χ3n) is 7.17. The van der Waals surface area contributed by atoms with Crippen LogP contribution in [0, 0.1) is 0 Å². The van der Waals surface area contributed by atoms with Crippen LogP contribution in [0.1, 0.15) is 35.8 Å². The zero-order chi connectivity index (χ0) is 33.5. The van der Waals surface area contributed by atoms with Crippen LogP contribution in [0.25, 0.3) is 0 Å². The number of esters is 1. The first-order chi connectivity index (χ1) is 22.7. The number of amides is 1. The first kappa shape index (κ1) is 35.6. The van der Waals surface area contributed by atoms with E-state index < -0.39 is 47.0 Å². The highest BCUT2D eigenvalue weighted by Crippen LogP contribution is 2.53. The third-order valence-corrected chi connectivity index (χ3v) is 11.7. The molecule has 0 aromatic heterocycles. The Balaban J connectivity index is 1.61. The number of sulfonamides is 1. The maximum Gasteiger partial charge on any atom is 0.407 e. The van der Waals surface area contributed by atoms with Crippen molar-refractivity contribution in [2.45, 2.75) is 38.2 Å². The predicted octanol–water partition coefficient (Wildman–Crippen LogP) is 5.29. The molecule has 4 aromatic rings. The molecule has 1 unspecified atom stereocenters. The van der Waals surface area contributed by atoms with Gasteiger partial charge in [-0.1, -0.05) is 121 Å². The Bertz CT molecular complexity index is 1710. The van der Waals surface area contributed by atoms with Crippen molar-refractivity contribution < 1.29 is 32.0 Å². The molecule has 12 heteroatoms. The van der Waals surface area contributed by atoms with Crippen LogP contribution in [-0.2, 0) is 41.9 Å². The third kappa shape index (κ3) is 11.2. The van der Waals surface area contributed by atoms with E-state index in [2.05, 4.69) is 15.1 Å². The van der Waals surface area contributed by atoms with Crippen LogP contribution in [0.4, 0.5) is 4.79 Å². The number of hydrogen-bond acceptors (Lipinski definition) is 7. The Hall–Kier alpha value is -4.28. The van der Waals surface area contributed by atoms with Gasteiger partial charge in [0, 0.05) is 11.8 Å². The highest BCUT2D eigenvalue weighted by atomic mass is 32.2. The molecular weight excluding hydrogens is 637 g/mol. The monoisotopic (exact) mass is 677 g/mol. The van der Waals surface area contributed by atoms with Crippen molar-refractivity contribution in [1.29, 1.82) is 0 Å². The number of carbonyl (C=O) groups is 2. The molecule has 0 heterocycles. The molecule has 3 atom stereocenters. The average Bonchev–Trinajstić information content (AvgIpc) is 3.08. The van der Waals surface area contributed by atoms with Crippen molar-refractivity contribution in [2.24, 2.45) is 0 Å². The van der Waals surface area contributed by atoms with Crippen molar-refractivity contribution in [1.82, 2.24) is 15.1 Å². The van der Waals surface area contributed by atoms with Crippen molar-refractivity contribution in [3.05, 3.63) is 138 Å². The highest BCUT2D eigenvalue weighted by molar-refractivity contribution is 7.90. The second kappa shape index (κ2) is 17.6. The summed E-state index contributed by atoms with van der Waals surface area (Å²) in [7, 11) is -8.04. The van der Waals surface area contributed by atoms with Gasteiger partial charge in [-0.05, 0) is 30.0 Å². The number of benzene rings is 4. The lowest BCUT2D eigenvalue weighted by Gasteiger charge is -2.30. The molecule has 248 valence electrons. The van der Waals surface area contributed by atoms with Crippen molar-refractivity contribution in [3.8, 4) is 0 Å². The topological polar surface area (TPSA) is 140 Å². The average molecular weight is 678 g/mol. The molecule has 3 N–H and O–H groups in total. The second-order valence-electron chi connectivity index (χ2n) is 10.8. The molecule has 10 nitrogen and oxygen atoms in total. The van der Waals surface area contributed by atoms with Crippen molar-refractivity contribution >= 4 is 34.7 Å². The molecule has 0 saturated carbocycles. The maximum atomic E-state index is 15.0. The Kier molecular flexibility index (Phi) is 13.3. The van der Waals surface area contributed by atoms with Crippen LogP contribution >= 0.6 is 7.29 Å². The summed E-state index contributed by atoms with van der Waals surface area (Å²) in [5, 5.41) is 6.11. The van der Waals surface area contributed by atoms with Gasteiger partial charge in [0.05, 0.1) is 24.8 Å². The van der Waals surface area contributed by atoms with Gasteiger partial charge in [-0.25, -0.2) is 13.2 Å². The van der Waals surface area contributed by atoms with Crippen molar-refractivity contribution in [3.63, 3.8) is 0 Å². The Morgan fingerprint density at radius 1 is 0.766 bits per heavy atom. The quantitative estimate of drug-likeness (QED) is 0.101. The van der Waals surface area contributed by atoms with Crippen LogP contribution in [0.5, 0.6) is 0 Å². The number of rotatable bonds is 17. The second-order valence-corrected chi connectivity index (χ2v) is 15.2. The molecular formula is C35H40N3O7PS. The SMILES string of the molecule is CCOC(=O)CCNP(=O)(c1ccccc1)[C@H](NS(=O)(=O)C[C@H](Cc1ccccc1)NC(=O)OCc1ccccc1)c1ccccc1. The molecule has 0 bridgehead atoms. The van der Waals surface area contributed by atoms with E-state index >= 15 is 4.57 Å². The van der Waals surface area contributed by atoms with E-state index in [9.17, 15) is 18.0 Å². The van der Waals surface area contributed by atoms with Gasteiger partial charge in [-0.2, -0.15) is 4.72 Å². The molecule has 47 heavy (non-hydrogen) atoms. The molecule has 0 spiro atoms. The summed E-state index contributed by atoms with van der Waals surface area (Å²) in [6.07, 6.45) is -0.625. The van der Waals surface area contributed by atoms with Gasteiger partial charge in [0.25, 0.3) is 0 Å². The van der Waals surface area contributed by atoms with Crippen LogP contribution in [0.2, 0.25) is 0 Å². The molecule has 4 rings (SSSR count). The molecule has 0 aliphatic heterocycles. The van der Waals surface area contributed by atoms with Gasteiger partial charge in [-0.15, -0.1) is 0 Å². The molecule has 0 fully saturated rings. The van der Waals surface area contributed by atoms with Gasteiger partial charge in [0.2, 0.25) is 10.0 Å². The number of carbonyl (C=O) groups excluding carboxylic acids is 2. The summed E-state index contributed by atoms with van der Waals surface area (Å²) in [6.45, 7) is 1.91.